The van der Waals surface area contributed by atoms with Gasteiger partial charge in [-0.15, -0.1) is 0 Å². The van der Waals surface area contributed by atoms with Gasteiger partial charge in [-0.05, 0) is 80.0 Å². The number of hydrogen-bond acceptors (Lipinski definition) is 1. The Morgan fingerprint density at radius 3 is 2.06 bits per heavy atom. The number of aryl methyl sites for hydroxylation is 1. The second-order valence-corrected chi connectivity index (χ2v) is 10.5. The minimum atomic E-state index is -0.0304. The van der Waals surface area contributed by atoms with Crippen molar-refractivity contribution in [1.29, 1.82) is 0 Å². The van der Waals surface area contributed by atoms with E-state index in [2.05, 4.69) is 118 Å². The molecule has 7 rings (SSSR count). The van der Waals surface area contributed by atoms with E-state index < -0.39 is 0 Å². The molecule has 0 radical (unpaired) electrons. The maximum absolute atomic E-state index is 4.76. The Hall–Kier alpha value is -4.23. The molecule has 0 aliphatic heterocycles. The predicted molar refractivity (Wildman–Crippen MR) is 152 cm³/mol. The first-order chi connectivity index (χ1) is 17.5. The highest BCUT2D eigenvalue weighted by Crippen LogP contribution is 2.51. The monoisotopic (exact) mass is 461 g/mol. The van der Waals surface area contributed by atoms with Crippen LogP contribution in [0.2, 0.25) is 0 Å². The van der Waals surface area contributed by atoms with Crippen molar-refractivity contribution in [2.75, 3.05) is 0 Å². The third-order valence-corrected chi connectivity index (χ3v) is 7.97. The summed E-state index contributed by atoms with van der Waals surface area (Å²) >= 11 is 0. The van der Waals surface area contributed by atoms with Crippen molar-refractivity contribution in [2.45, 2.75) is 26.2 Å². The topological polar surface area (TPSA) is 12.9 Å². The van der Waals surface area contributed by atoms with E-state index in [0.717, 1.165) is 5.69 Å². The smallest absolute Gasteiger partial charge is 0.0714 e. The molecule has 5 aromatic carbocycles. The molecule has 1 aliphatic carbocycles. The Balaban J connectivity index is 1.59. The lowest BCUT2D eigenvalue weighted by Gasteiger charge is -2.23. The van der Waals surface area contributed by atoms with Crippen molar-refractivity contribution in [1.82, 2.24) is 4.98 Å². The van der Waals surface area contributed by atoms with Crippen molar-refractivity contribution in [3.05, 3.63) is 126 Å². The number of rotatable bonds is 2. The number of aromatic nitrogens is 1. The quantitative estimate of drug-likeness (QED) is 0.234. The van der Waals surface area contributed by atoms with Gasteiger partial charge in [0.25, 0.3) is 0 Å². The first-order valence-corrected chi connectivity index (χ1v) is 12.7. The molecule has 0 saturated carbocycles. The van der Waals surface area contributed by atoms with Crippen molar-refractivity contribution in [3.8, 4) is 33.5 Å². The Labute approximate surface area is 212 Å². The average molecular weight is 462 g/mol. The Kier molecular flexibility index (Phi) is 4.47. The van der Waals surface area contributed by atoms with E-state index in [0.29, 0.717) is 0 Å². The number of pyridine rings is 1. The summed E-state index contributed by atoms with van der Waals surface area (Å²) in [6.45, 7) is 6.89. The van der Waals surface area contributed by atoms with E-state index in [4.69, 9.17) is 4.98 Å². The van der Waals surface area contributed by atoms with Crippen LogP contribution in [0.4, 0.5) is 0 Å². The maximum atomic E-state index is 4.76. The van der Waals surface area contributed by atoms with Gasteiger partial charge in [0.1, 0.15) is 0 Å². The van der Waals surface area contributed by atoms with E-state index in [-0.39, 0.29) is 5.41 Å². The zero-order valence-corrected chi connectivity index (χ0v) is 20.8. The first-order valence-electron chi connectivity index (χ1n) is 12.7. The Morgan fingerprint density at radius 1 is 0.556 bits per heavy atom. The fraction of sp³-hybridized carbons (Fsp3) is 0.114. The highest BCUT2D eigenvalue weighted by Gasteiger charge is 2.35. The lowest BCUT2D eigenvalue weighted by Crippen LogP contribution is -2.14. The second-order valence-electron chi connectivity index (χ2n) is 10.5. The van der Waals surface area contributed by atoms with Crippen LogP contribution in [-0.4, -0.2) is 4.98 Å². The van der Waals surface area contributed by atoms with Crippen LogP contribution in [0.1, 0.15) is 30.5 Å². The normalized spacial score (nSPS) is 13.6. The van der Waals surface area contributed by atoms with Crippen LogP contribution < -0.4 is 0 Å². The summed E-state index contributed by atoms with van der Waals surface area (Å²) in [5.74, 6) is 0. The van der Waals surface area contributed by atoms with E-state index >= 15 is 0 Å². The summed E-state index contributed by atoms with van der Waals surface area (Å²) in [7, 11) is 0. The lowest BCUT2D eigenvalue weighted by molar-refractivity contribution is 0.660. The molecular weight excluding hydrogens is 434 g/mol. The fourth-order valence-corrected chi connectivity index (χ4v) is 6.25. The third kappa shape index (κ3) is 2.93. The standard InChI is InChI=1S/C35H27N/c1-22-15-17-28-29(20-22)33(26-11-4-5-12-27(26)34(28)32-14-8-9-19-36-32)23-16-18-25-24-10-6-7-13-30(24)35(2,3)31(25)21-23/h4-21H,1-3H3. The third-order valence-electron chi connectivity index (χ3n) is 7.97. The molecule has 1 nitrogen and oxygen atoms in total. The van der Waals surface area contributed by atoms with E-state index in [1.165, 1.54) is 66.1 Å². The molecule has 36 heavy (non-hydrogen) atoms. The van der Waals surface area contributed by atoms with Crippen molar-refractivity contribution in [3.63, 3.8) is 0 Å². The predicted octanol–water partition coefficient (Wildman–Crippen LogP) is 9.34. The van der Waals surface area contributed by atoms with Crippen LogP contribution >= 0.6 is 0 Å². The van der Waals surface area contributed by atoms with Crippen molar-refractivity contribution >= 4 is 21.5 Å². The Bertz CT molecular complexity index is 1810. The van der Waals surface area contributed by atoms with Crippen LogP contribution in [0, 0.1) is 6.92 Å². The Morgan fingerprint density at radius 2 is 1.25 bits per heavy atom. The molecule has 0 saturated heterocycles. The summed E-state index contributed by atoms with van der Waals surface area (Å²) in [6.07, 6.45) is 1.89. The van der Waals surface area contributed by atoms with Gasteiger partial charge in [0.2, 0.25) is 0 Å². The number of hydrogen-bond donors (Lipinski definition) is 0. The van der Waals surface area contributed by atoms with Gasteiger partial charge >= 0.3 is 0 Å². The fourth-order valence-electron chi connectivity index (χ4n) is 6.25. The van der Waals surface area contributed by atoms with Crippen LogP contribution in [0.15, 0.2) is 109 Å². The van der Waals surface area contributed by atoms with E-state index in [1.807, 2.05) is 12.3 Å². The molecule has 1 heterocycles. The van der Waals surface area contributed by atoms with Gasteiger partial charge in [0, 0.05) is 17.2 Å². The summed E-state index contributed by atoms with van der Waals surface area (Å²) < 4.78 is 0. The molecule has 0 atom stereocenters. The molecule has 0 N–H and O–H groups in total. The van der Waals surface area contributed by atoms with Gasteiger partial charge in [0.05, 0.1) is 5.69 Å². The van der Waals surface area contributed by atoms with Gasteiger partial charge in [-0.25, -0.2) is 0 Å². The SMILES string of the molecule is Cc1ccc2c(-c3ccccn3)c3ccccc3c(-c3ccc4c(c3)C(C)(C)c3ccccc3-4)c2c1. The van der Waals surface area contributed by atoms with Crippen LogP contribution in [0.3, 0.4) is 0 Å². The van der Waals surface area contributed by atoms with Crippen molar-refractivity contribution in [2.24, 2.45) is 0 Å². The van der Waals surface area contributed by atoms with Gasteiger partial charge in [-0.3, -0.25) is 4.98 Å². The van der Waals surface area contributed by atoms with Crippen molar-refractivity contribution < 1.29 is 0 Å². The van der Waals surface area contributed by atoms with Gasteiger partial charge < -0.3 is 0 Å². The van der Waals surface area contributed by atoms with Crippen LogP contribution in [0.25, 0.3) is 55.1 Å². The summed E-state index contributed by atoms with van der Waals surface area (Å²) in [5.41, 5.74) is 11.6. The molecule has 0 spiro atoms. The highest BCUT2D eigenvalue weighted by atomic mass is 14.7. The van der Waals surface area contributed by atoms with E-state index in [1.54, 1.807) is 0 Å². The molecule has 1 heteroatoms. The average Bonchev–Trinajstić information content (AvgIpc) is 3.14. The molecule has 172 valence electrons. The number of benzene rings is 5. The van der Waals surface area contributed by atoms with Gasteiger partial charge in [-0.1, -0.05) is 104 Å². The van der Waals surface area contributed by atoms with Crippen LogP contribution in [-0.2, 0) is 5.41 Å². The first kappa shape index (κ1) is 21.1. The molecule has 1 aliphatic rings. The lowest BCUT2D eigenvalue weighted by atomic mass is 9.80. The maximum Gasteiger partial charge on any atom is 0.0714 e. The second kappa shape index (κ2) is 7.63. The molecule has 0 amide bonds. The highest BCUT2D eigenvalue weighted by molar-refractivity contribution is 6.21. The summed E-state index contributed by atoms with van der Waals surface area (Å²) in [6, 6.07) is 37.8. The molecule has 6 aromatic rings. The number of nitrogens with zero attached hydrogens (tertiary/aromatic N) is 1. The molecule has 0 unspecified atom stereocenters. The molecule has 0 fully saturated rings. The van der Waals surface area contributed by atoms with Gasteiger partial charge in [0.15, 0.2) is 0 Å². The largest absolute Gasteiger partial charge is 0.256 e. The number of fused-ring (bicyclic) bond motifs is 5. The molecule has 0 bridgehead atoms. The zero-order chi connectivity index (χ0) is 24.4. The summed E-state index contributed by atoms with van der Waals surface area (Å²) in [5, 5.41) is 5.04. The molecular formula is C35H27N. The van der Waals surface area contributed by atoms with Crippen LogP contribution in [0.5, 0.6) is 0 Å². The summed E-state index contributed by atoms with van der Waals surface area (Å²) in [4.78, 5) is 4.76. The van der Waals surface area contributed by atoms with E-state index in [9.17, 15) is 0 Å². The zero-order valence-electron chi connectivity index (χ0n) is 20.8. The minimum absolute atomic E-state index is 0.0304. The van der Waals surface area contributed by atoms with Gasteiger partial charge in [-0.2, -0.15) is 0 Å². The molecule has 1 aromatic heterocycles. The minimum Gasteiger partial charge on any atom is -0.256 e.